The third kappa shape index (κ3) is 2.89. The normalized spacial score (nSPS) is 13.6. The lowest BCUT2D eigenvalue weighted by Gasteiger charge is -2.29. The Morgan fingerprint density at radius 2 is 2.04 bits per heavy atom. The van der Waals surface area contributed by atoms with Crippen molar-refractivity contribution < 1.29 is 9.18 Å². The van der Waals surface area contributed by atoms with Crippen LogP contribution in [0, 0.1) is 12.7 Å². The number of para-hydroxylation sites is 1. The molecule has 0 atom stereocenters. The molecule has 0 aliphatic carbocycles. The van der Waals surface area contributed by atoms with Gasteiger partial charge in [-0.15, -0.1) is 11.8 Å². The number of carbonyl (C=O) groups is 1. The Morgan fingerprint density at radius 1 is 1.23 bits per heavy atom. The predicted molar refractivity (Wildman–Crippen MR) is 102 cm³/mol. The van der Waals surface area contributed by atoms with Gasteiger partial charge in [-0.1, -0.05) is 23.7 Å². The highest BCUT2D eigenvalue weighted by atomic mass is 35.5. The molecule has 132 valence electrons. The zero-order chi connectivity index (χ0) is 18.3. The van der Waals surface area contributed by atoms with Crippen LogP contribution in [0.25, 0.3) is 5.69 Å². The monoisotopic (exact) mass is 387 g/mol. The van der Waals surface area contributed by atoms with Crippen LogP contribution in [0.1, 0.15) is 16.1 Å². The maximum Gasteiger partial charge on any atom is 0.261 e. The molecular formula is C19H15ClFN3OS. The number of nitrogens with zero attached hydrogens (tertiary/aromatic N) is 3. The van der Waals surface area contributed by atoms with Gasteiger partial charge in [0, 0.05) is 22.2 Å². The summed E-state index contributed by atoms with van der Waals surface area (Å²) in [5, 5.41) is 4.82. The standard InChI is InChI=1S/C19H15ClFN3OS/c1-12-14(11-22-24(12)16-5-3-2-4-15(16)21)19(25)23-8-9-26-18-7-6-13(20)10-17(18)23/h2-7,10-11H,8-9H2,1H3. The van der Waals surface area contributed by atoms with Crippen LogP contribution in [0.5, 0.6) is 0 Å². The van der Waals surface area contributed by atoms with Crippen molar-refractivity contribution in [2.75, 3.05) is 17.2 Å². The van der Waals surface area contributed by atoms with Gasteiger partial charge in [0.1, 0.15) is 11.5 Å². The van der Waals surface area contributed by atoms with Crippen LogP contribution < -0.4 is 4.90 Å². The zero-order valence-corrected chi connectivity index (χ0v) is 15.5. The van der Waals surface area contributed by atoms with Crippen molar-refractivity contribution in [1.82, 2.24) is 9.78 Å². The smallest absolute Gasteiger partial charge is 0.261 e. The second-order valence-corrected chi connectivity index (χ2v) is 7.50. The van der Waals surface area contributed by atoms with Gasteiger partial charge in [-0.2, -0.15) is 5.10 Å². The van der Waals surface area contributed by atoms with E-state index in [1.807, 2.05) is 12.1 Å². The highest BCUT2D eigenvalue weighted by Crippen LogP contribution is 2.37. The Bertz CT molecular complexity index is 1000. The molecule has 4 nitrogen and oxygen atoms in total. The molecule has 0 unspecified atom stereocenters. The summed E-state index contributed by atoms with van der Waals surface area (Å²) in [4.78, 5) is 15.9. The summed E-state index contributed by atoms with van der Waals surface area (Å²) in [6.45, 7) is 2.35. The number of hydrogen-bond acceptors (Lipinski definition) is 3. The van der Waals surface area contributed by atoms with Crippen molar-refractivity contribution in [2.24, 2.45) is 0 Å². The minimum absolute atomic E-state index is 0.158. The summed E-state index contributed by atoms with van der Waals surface area (Å²) in [7, 11) is 0. The quantitative estimate of drug-likeness (QED) is 0.638. The van der Waals surface area contributed by atoms with Crippen LogP contribution in [0.3, 0.4) is 0 Å². The summed E-state index contributed by atoms with van der Waals surface area (Å²) in [6, 6.07) is 11.9. The van der Waals surface area contributed by atoms with Crippen LogP contribution in [-0.4, -0.2) is 28.0 Å². The predicted octanol–water partition coefficient (Wildman–Crippen LogP) is 4.73. The summed E-state index contributed by atoms with van der Waals surface area (Å²) in [5.41, 5.74) is 2.17. The molecule has 0 radical (unpaired) electrons. The number of halogens is 2. The van der Waals surface area contributed by atoms with Crippen LogP contribution >= 0.6 is 23.4 Å². The third-order valence-corrected chi connectivity index (χ3v) is 5.63. The summed E-state index contributed by atoms with van der Waals surface area (Å²) in [5.74, 6) is 0.263. The maximum atomic E-state index is 14.1. The largest absolute Gasteiger partial charge is 0.306 e. The molecule has 0 N–H and O–H groups in total. The maximum absolute atomic E-state index is 14.1. The fourth-order valence-electron chi connectivity index (χ4n) is 3.03. The fourth-order valence-corrected chi connectivity index (χ4v) is 4.17. The Kier molecular flexibility index (Phi) is 4.46. The van der Waals surface area contributed by atoms with E-state index in [1.165, 1.54) is 16.9 Å². The molecule has 0 saturated heterocycles. The van der Waals surface area contributed by atoms with E-state index in [0.29, 0.717) is 28.5 Å². The molecule has 1 aliphatic heterocycles. The van der Waals surface area contributed by atoms with Crippen molar-refractivity contribution in [3.8, 4) is 5.69 Å². The van der Waals surface area contributed by atoms with Gasteiger partial charge in [-0.25, -0.2) is 9.07 Å². The van der Waals surface area contributed by atoms with Crippen molar-refractivity contribution in [3.63, 3.8) is 0 Å². The molecule has 1 aromatic heterocycles. The first kappa shape index (κ1) is 17.1. The van der Waals surface area contributed by atoms with E-state index in [2.05, 4.69) is 5.10 Å². The first-order valence-electron chi connectivity index (χ1n) is 8.10. The Labute approximate surface area is 159 Å². The van der Waals surface area contributed by atoms with Crippen molar-refractivity contribution in [3.05, 3.63) is 70.8 Å². The lowest BCUT2D eigenvalue weighted by atomic mass is 10.2. The number of rotatable bonds is 2. The minimum Gasteiger partial charge on any atom is -0.306 e. The number of hydrogen-bond donors (Lipinski definition) is 0. The average Bonchev–Trinajstić information content (AvgIpc) is 3.02. The van der Waals surface area contributed by atoms with E-state index in [1.54, 1.807) is 47.9 Å². The van der Waals surface area contributed by atoms with Gasteiger partial charge in [0.25, 0.3) is 5.91 Å². The molecule has 26 heavy (non-hydrogen) atoms. The van der Waals surface area contributed by atoms with Gasteiger partial charge >= 0.3 is 0 Å². The molecule has 1 aliphatic rings. The summed E-state index contributed by atoms with van der Waals surface area (Å²) < 4.78 is 15.5. The van der Waals surface area contributed by atoms with Crippen molar-refractivity contribution in [2.45, 2.75) is 11.8 Å². The van der Waals surface area contributed by atoms with Gasteiger partial charge < -0.3 is 4.90 Å². The van der Waals surface area contributed by atoms with E-state index in [-0.39, 0.29) is 11.7 Å². The fraction of sp³-hybridized carbons (Fsp3) is 0.158. The van der Waals surface area contributed by atoms with Crippen LogP contribution in [0.2, 0.25) is 5.02 Å². The Morgan fingerprint density at radius 3 is 2.85 bits per heavy atom. The highest BCUT2D eigenvalue weighted by Gasteiger charge is 2.27. The zero-order valence-electron chi connectivity index (χ0n) is 13.9. The highest BCUT2D eigenvalue weighted by molar-refractivity contribution is 7.99. The SMILES string of the molecule is Cc1c(C(=O)N2CCSc3ccc(Cl)cc32)cnn1-c1ccccc1F. The third-order valence-electron chi connectivity index (χ3n) is 4.35. The van der Waals surface area contributed by atoms with E-state index < -0.39 is 0 Å². The molecular weight excluding hydrogens is 373 g/mol. The molecule has 0 saturated carbocycles. The van der Waals surface area contributed by atoms with Gasteiger partial charge in [-0.3, -0.25) is 4.79 Å². The number of amides is 1. The molecule has 1 amide bonds. The average molecular weight is 388 g/mol. The topological polar surface area (TPSA) is 38.1 Å². The number of benzene rings is 2. The molecule has 2 heterocycles. The van der Waals surface area contributed by atoms with Crippen molar-refractivity contribution >= 4 is 35.0 Å². The molecule has 0 bridgehead atoms. The van der Waals surface area contributed by atoms with E-state index >= 15 is 0 Å². The summed E-state index contributed by atoms with van der Waals surface area (Å²) in [6.07, 6.45) is 1.50. The van der Waals surface area contributed by atoms with E-state index in [0.717, 1.165) is 16.3 Å². The number of thioether (sulfide) groups is 1. The van der Waals surface area contributed by atoms with E-state index in [4.69, 9.17) is 11.6 Å². The molecule has 0 fully saturated rings. The number of fused-ring (bicyclic) bond motifs is 1. The second-order valence-electron chi connectivity index (χ2n) is 5.92. The van der Waals surface area contributed by atoms with Gasteiger partial charge in [0.05, 0.1) is 23.1 Å². The van der Waals surface area contributed by atoms with Gasteiger partial charge in [0.2, 0.25) is 0 Å². The number of anilines is 1. The molecule has 4 rings (SSSR count). The first-order chi connectivity index (χ1) is 12.6. The summed E-state index contributed by atoms with van der Waals surface area (Å²) >= 11 is 7.82. The number of aromatic nitrogens is 2. The number of carbonyl (C=O) groups excluding carboxylic acids is 1. The van der Waals surface area contributed by atoms with Crippen LogP contribution in [-0.2, 0) is 0 Å². The lowest BCUT2D eigenvalue weighted by Crippen LogP contribution is -2.35. The molecule has 3 aromatic rings. The van der Waals surface area contributed by atoms with Crippen molar-refractivity contribution in [1.29, 1.82) is 0 Å². The van der Waals surface area contributed by atoms with E-state index in [9.17, 15) is 9.18 Å². The second kappa shape index (κ2) is 6.78. The lowest BCUT2D eigenvalue weighted by molar-refractivity contribution is 0.0987. The van der Waals surface area contributed by atoms with Gasteiger partial charge in [-0.05, 0) is 37.3 Å². The molecule has 0 spiro atoms. The van der Waals surface area contributed by atoms with Gasteiger partial charge in [0.15, 0.2) is 0 Å². The Hall–Kier alpha value is -2.31. The molecule has 7 heteroatoms. The van der Waals surface area contributed by atoms with Crippen LogP contribution in [0.15, 0.2) is 53.6 Å². The minimum atomic E-state index is -0.385. The first-order valence-corrected chi connectivity index (χ1v) is 9.46. The van der Waals surface area contributed by atoms with Crippen LogP contribution in [0.4, 0.5) is 10.1 Å². The molecule has 2 aromatic carbocycles. The Balaban J connectivity index is 1.73.